The predicted molar refractivity (Wildman–Crippen MR) is 66.3 cm³/mol. The van der Waals surface area contributed by atoms with E-state index in [0.29, 0.717) is 15.7 Å². The van der Waals surface area contributed by atoms with Gasteiger partial charge in [0.15, 0.2) is 0 Å². The molecule has 3 nitrogen and oxygen atoms in total. The second kappa shape index (κ2) is 4.93. The van der Waals surface area contributed by atoms with Crippen molar-refractivity contribution >= 4 is 35.0 Å². The van der Waals surface area contributed by atoms with Crippen molar-refractivity contribution in [2.45, 2.75) is 26.4 Å². The van der Waals surface area contributed by atoms with Crippen LogP contribution in [-0.4, -0.2) is 11.7 Å². The minimum absolute atomic E-state index is 0.457. The molecule has 0 aliphatic heterocycles. The molecule has 16 heavy (non-hydrogen) atoms. The Bertz CT molecular complexity index is 379. The Labute approximate surface area is 105 Å². The lowest BCUT2D eigenvalue weighted by molar-refractivity contribution is 0.0636. The molecule has 0 atom stereocenters. The highest BCUT2D eigenvalue weighted by Crippen LogP contribution is 2.22. The van der Waals surface area contributed by atoms with Gasteiger partial charge in [-0.3, -0.25) is 5.32 Å². The summed E-state index contributed by atoms with van der Waals surface area (Å²) < 4.78 is 5.09. The molecule has 0 saturated carbocycles. The minimum Gasteiger partial charge on any atom is -0.444 e. The Hall–Kier alpha value is -0.930. The molecule has 5 heteroatoms. The van der Waals surface area contributed by atoms with Crippen molar-refractivity contribution in [1.29, 1.82) is 0 Å². The molecule has 0 aliphatic rings. The molecule has 1 amide bonds. The SMILES string of the molecule is CC(C)(C)OC(=O)Nc1cc(Cl)cc(Cl)c1. The van der Waals surface area contributed by atoms with Crippen molar-refractivity contribution in [2.75, 3.05) is 5.32 Å². The molecule has 1 aromatic carbocycles. The summed E-state index contributed by atoms with van der Waals surface area (Å²) in [6.45, 7) is 5.37. The molecule has 0 bridgehead atoms. The van der Waals surface area contributed by atoms with Crippen LogP contribution in [0.1, 0.15) is 20.8 Å². The summed E-state index contributed by atoms with van der Waals surface area (Å²) in [6.07, 6.45) is -0.536. The van der Waals surface area contributed by atoms with Crippen molar-refractivity contribution in [3.63, 3.8) is 0 Å². The maximum absolute atomic E-state index is 11.4. The molecule has 88 valence electrons. The van der Waals surface area contributed by atoms with E-state index < -0.39 is 11.7 Å². The van der Waals surface area contributed by atoms with E-state index in [-0.39, 0.29) is 0 Å². The summed E-state index contributed by atoms with van der Waals surface area (Å²) in [7, 11) is 0. The van der Waals surface area contributed by atoms with Crippen molar-refractivity contribution in [3.8, 4) is 0 Å². The van der Waals surface area contributed by atoms with Gasteiger partial charge in [0, 0.05) is 15.7 Å². The van der Waals surface area contributed by atoms with E-state index in [2.05, 4.69) is 5.32 Å². The number of ether oxygens (including phenoxy) is 1. The van der Waals surface area contributed by atoms with Gasteiger partial charge in [-0.1, -0.05) is 23.2 Å². The lowest BCUT2D eigenvalue weighted by Gasteiger charge is -2.19. The van der Waals surface area contributed by atoms with Gasteiger partial charge in [-0.25, -0.2) is 4.79 Å². The van der Waals surface area contributed by atoms with Crippen LogP contribution in [0, 0.1) is 0 Å². The van der Waals surface area contributed by atoms with Crippen LogP contribution in [0.5, 0.6) is 0 Å². The molecular weight excluding hydrogens is 249 g/mol. The van der Waals surface area contributed by atoms with E-state index in [1.54, 1.807) is 39.0 Å². The topological polar surface area (TPSA) is 38.3 Å². The number of amides is 1. The number of benzene rings is 1. The molecule has 0 saturated heterocycles. The first kappa shape index (κ1) is 13.1. The van der Waals surface area contributed by atoms with Gasteiger partial charge in [-0.2, -0.15) is 0 Å². The third-order valence-electron chi connectivity index (χ3n) is 1.51. The number of rotatable bonds is 1. The van der Waals surface area contributed by atoms with Crippen molar-refractivity contribution in [3.05, 3.63) is 28.2 Å². The minimum atomic E-state index is -0.536. The molecule has 1 aromatic rings. The van der Waals surface area contributed by atoms with Gasteiger partial charge in [0.05, 0.1) is 0 Å². The maximum Gasteiger partial charge on any atom is 0.412 e. The standard InChI is InChI=1S/C11H13Cl2NO2/c1-11(2,3)16-10(15)14-9-5-7(12)4-8(13)6-9/h4-6H,1-3H3,(H,14,15). The zero-order chi connectivity index (χ0) is 12.3. The van der Waals surface area contributed by atoms with E-state index >= 15 is 0 Å². The molecule has 0 heterocycles. The highest BCUT2D eigenvalue weighted by molar-refractivity contribution is 6.35. The normalized spacial score (nSPS) is 11.1. The Morgan fingerprint density at radius 1 is 1.19 bits per heavy atom. The fraction of sp³-hybridized carbons (Fsp3) is 0.364. The van der Waals surface area contributed by atoms with Crippen LogP contribution < -0.4 is 5.32 Å². The third kappa shape index (κ3) is 4.73. The van der Waals surface area contributed by atoms with Crippen LogP contribution in [0.15, 0.2) is 18.2 Å². The lowest BCUT2D eigenvalue weighted by atomic mass is 10.2. The van der Waals surface area contributed by atoms with Crippen LogP contribution in [0.2, 0.25) is 10.0 Å². The van der Waals surface area contributed by atoms with Gasteiger partial charge in [0.2, 0.25) is 0 Å². The summed E-state index contributed by atoms with van der Waals surface area (Å²) >= 11 is 11.6. The zero-order valence-corrected chi connectivity index (χ0v) is 10.8. The predicted octanol–water partition coefficient (Wildman–Crippen LogP) is 4.34. The molecule has 0 spiro atoms. The van der Waals surface area contributed by atoms with Crippen LogP contribution in [-0.2, 0) is 4.74 Å². The van der Waals surface area contributed by atoms with Crippen LogP contribution in [0.3, 0.4) is 0 Å². The Kier molecular flexibility index (Phi) is 4.05. The molecule has 0 aromatic heterocycles. The van der Waals surface area contributed by atoms with E-state index in [9.17, 15) is 4.79 Å². The number of carbonyl (C=O) groups is 1. The van der Waals surface area contributed by atoms with Crippen molar-refractivity contribution < 1.29 is 9.53 Å². The lowest BCUT2D eigenvalue weighted by Crippen LogP contribution is -2.27. The first-order valence-corrected chi connectivity index (χ1v) is 5.48. The van der Waals surface area contributed by atoms with E-state index in [4.69, 9.17) is 27.9 Å². The van der Waals surface area contributed by atoms with Gasteiger partial charge < -0.3 is 4.74 Å². The number of carbonyl (C=O) groups excluding carboxylic acids is 1. The maximum atomic E-state index is 11.4. The first-order valence-electron chi connectivity index (χ1n) is 4.72. The van der Waals surface area contributed by atoms with Gasteiger partial charge in [-0.15, -0.1) is 0 Å². The Morgan fingerprint density at radius 3 is 2.12 bits per heavy atom. The van der Waals surface area contributed by atoms with E-state index in [1.165, 1.54) is 0 Å². The quantitative estimate of drug-likeness (QED) is 0.817. The number of hydrogen-bond donors (Lipinski definition) is 1. The van der Waals surface area contributed by atoms with Gasteiger partial charge in [0.25, 0.3) is 0 Å². The van der Waals surface area contributed by atoms with Crippen LogP contribution in [0.25, 0.3) is 0 Å². The Balaban J connectivity index is 2.70. The number of nitrogens with one attached hydrogen (secondary N) is 1. The summed E-state index contributed by atoms with van der Waals surface area (Å²) in [5, 5.41) is 3.46. The largest absolute Gasteiger partial charge is 0.444 e. The third-order valence-corrected chi connectivity index (χ3v) is 1.94. The van der Waals surface area contributed by atoms with Gasteiger partial charge >= 0.3 is 6.09 Å². The fourth-order valence-electron chi connectivity index (χ4n) is 1.05. The average Bonchev–Trinajstić information content (AvgIpc) is 1.96. The van der Waals surface area contributed by atoms with Crippen LogP contribution in [0.4, 0.5) is 10.5 Å². The molecule has 1 rings (SSSR count). The summed E-state index contributed by atoms with van der Waals surface area (Å²) in [5.74, 6) is 0. The van der Waals surface area contributed by atoms with E-state index in [0.717, 1.165) is 0 Å². The van der Waals surface area contributed by atoms with E-state index in [1.807, 2.05) is 0 Å². The van der Waals surface area contributed by atoms with Gasteiger partial charge in [0.1, 0.15) is 5.60 Å². The van der Waals surface area contributed by atoms with Crippen molar-refractivity contribution in [2.24, 2.45) is 0 Å². The van der Waals surface area contributed by atoms with Crippen LogP contribution >= 0.6 is 23.2 Å². The van der Waals surface area contributed by atoms with Gasteiger partial charge in [-0.05, 0) is 39.0 Å². The number of halogens is 2. The second-order valence-corrected chi connectivity index (χ2v) is 5.16. The average molecular weight is 262 g/mol. The highest BCUT2D eigenvalue weighted by Gasteiger charge is 2.16. The van der Waals surface area contributed by atoms with Crippen molar-refractivity contribution in [1.82, 2.24) is 0 Å². The molecule has 0 aliphatic carbocycles. The first-order chi connectivity index (χ1) is 7.26. The Morgan fingerprint density at radius 2 is 1.69 bits per heavy atom. The fourth-order valence-corrected chi connectivity index (χ4v) is 1.57. The summed E-state index contributed by atoms with van der Waals surface area (Å²) in [4.78, 5) is 11.4. The number of anilines is 1. The summed E-state index contributed by atoms with van der Waals surface area (Å²) in [5.41, 5.74) is -0.0290. The smallest absolute Gasteiger partial charge is 0.412 e. The second-order valence-electron chi connectivity index (χ2n) is 4.29. The molecular formula is C11H13Cl2NO2. The zero-order valence-electron chi connectivity index (χ0n) is 9.30. The molecule has 0 radical (unpaired) electrons. The number of hydrogen-bond acceptors (Lipinski definition) is 2. The summed E-state index contributed by atoms with van der Waals surface area (Å²) in [6, 6.07) is 4.78. The monoisotopic (exact) mass is 261 g/mol. The molecule has 0 unspecified atom stereocenters. The molecule has 1 N–H and O–H groups in total. The highest BCUT2D eigenvalue weighted by atomic mass is 35.5. The molecule has 0 fully saturated rings.